The first kappa shape index (κ1) is 14.4. The average molecular weight is 290 g/mol. The molecule has 0 saturated carbocycles. The molecule has 0 aliphatic carbocycles. The summed E-state index contributed by atoms with van der Waals surface area (Å²) in [7, 11) is 0. The summed E-state index contributed by atoms with van der Waals surface area (Å²) in [6.07, 6.45) is 1.56. The molecule has 1 N–H and O–H groups in total. The maximum absolute atomic E-state index is 12.0. The minimum absolute atomic E-state index is 0.0943. The van der Waals surface area contributed by atoms with Gasteiger partial charge in [0.05, 0.1) is 30.6 Å². The molecule has 2 heterocycles. The van der Waals surface area contributed by atoms with Gasteiger partial charge in [-0.25, -0.2) is 0 Å². The number of nitrogens with zero attached hydrogens (tertiary/aromatic N) is 1. The van der Waals surface area contributed by atoms with Crippen molar-refractivity contribution in [2.45, 2.75) is 38.5 Å². The lowest BCUT2D eigenvalue weighted by molar-refractivity contribution is -0.247. The molecule has 2 saturated heterocycles. The molecule has 1 aromatic carbocycles. The van der Waals surface area contributed by atoms with E-state index in [2.05, 4.69) is 5.32 Å². The highest BCUT2D eigenvalue weighted by Crippen LogP contribution is 2.30. The maximum atomic E-state index is 12.0. The summed E-state index contributed by atoms with van der Waals surface area (Å²) in [5.41, 5.74) is 1.91. The van der Waals surface area contributed by atoms with E-state index in [0.29, 0.717) is 19.6 Å². The topological polar surface area (TPSA) is 50.8 Å². The van der Waals surface area contributed by atoms with E-state index in [4.69, 9.17) is 9.47 Å². The molecule has 21 heavy (non-hydrogen) atoms. The quantitative estimate of drug-likeness (QED) is 0.928. The van der Waals surface area contributed by atoms with Crippen LogP contribution in [0.2, 0.25) is 0 Å². The zero-order valence-electron chi connectivity index (χ0n) is 12.6. The van der Waals surface area contributed by atoms with Crippen molar-refractivity contribution in [3.63, 3.8) is 0 Å². The Balaban J connectivity index is 1.73. The minimum atomic E-state index is -0.511. The van der Waals surface area contributed by atoms with Gasteiger partial charge >= 0.3 is 0 Å². The van der Waals surface area contributed by atoms with E-state index in [0.717, 1.165) is 24.3 Å². The van der Waals surface area contributed by atoms with Crippen molar-refractivity contribution >= 4 is 17.3 Å². The third kappa shape index (κ3) is 3.19. The van der Waals surface area contributed by atoms with Gasteiger partial charge in [0.1, 0.15) is 0 Å². The van der Waals surface area contributed by atoms with Gasteiger partial charge in [0, 0.05) is 13.0 Å². The van der Waals surface area contributed by atoms with Gasteiger partial charge in [-0.2, -0.15) is 0 Å². The van der Waals surface area contributed by atoms with Crippen molar-refractivity contribution in [2.24, 2.45) is 0 Å². The van der Waals surface area contributed by atoms with Crippen LogP contribution in [0.15, 0.2) is 24.3 Å². The Labute approximate surface area is 125 Å². The van der Waals surface area contributed by atoms with E-state index >= 15 is 0 Å². The summed E-state index contributed by atoms with van der Waals surface area (Å²) >= 11 is 0. The highest BCUT2D eigenvalue weighted by Gasteiger charge is 2.29. The SMILES string of the molecule is CC1(C)OCC(Nc2ccccc2N2CCCC2=O)CO1. The number of para-hydroxylation sites is 2. The molecule has 3 rings (SSSR count). The van der Waals surface area contributed by atoms with Gasteiger partial charge in [-0.1, -0.05) is 12.1 Å². The van der Waals surface area contributed by atoms with Crippen LogP contribution in [0.3, 0.4) is 0 Å². The fourth-order valence-electron chi connectivity index (χ4n) is 2.73. The third-order valence-electron chi connectivity index (χ3n) is 3.89. The molecule has 0 spiro atoms. The molecule has 2 fully saturated rings. The Kier molecular flexibility index (Phi) is 3.87. The summed E-state index contributed by atoms with van der Waals surface area (Å²) in [5.74, 6) is -0.315. The molecule has 0 atom stereocenters. The van der Waals surface area contributed by atoms with Crippen LogP contribution in [0.4, 0.5) is 11.4 Å². The second-order valence-electron chi connectivity index (χ2n) is 6.03. The molecule has 0 unspecified atom stereocenters. The van der Waals surface area contributed by atoms with Crippen molar-refractivity contribution in [1.82, 2.24) is 0 Å². The highest BCUT2D eigenvalue weighted by atomic mass is 16.7. The van der Waals surface area contributed by atoms with Gasteiger partial charge in [0.25, 0.3) is 0 Å². The number of carbonyl (C=O) groups excluding carboxylic acids is 1. The van der Waals surface area contributed by atoms with Crippen molar-refractivity contribution < 1.29 is 14.3 Å². The molecule has 1 amide bonds. The predicted molar refractivity (Wildman–Crippen MR) is 81.4 cm³/mol. The maximum Gasteiger partial charge on any atom is 0.227 e. The van der Waals surface area contributed by atoms with Gasteiger partial charge in [-0.15, -0.1) is 0 Å². The van der Waals surface area contributed by atoms with Gasteiger partial charge in [0.2, 0.25) is 5.91 Å². The third-order valence-corrected chi connectivity index (χ3v) is 3.89. The number of ether oxygens (including phenoxy) is 2. The van der Waals surface area contributed by atoms with Crippen LogP contribution in [-0.4, -0.2) is 37.5 Å². The summed E-state index contributed by atoms with van der Waals surface area (Å²) in [4.78, 5) is 13.8. The fourth-order valence-corrected chi connectivity index (χ4v) is 2.73. The highest BCUT2D eigenvalue weighted by molar-refractivity contribution is 5.98. The van der Waals surface area contributed by atoms with Crippen LogP contribution in [-0.2, 0) is 14.3 Å². The van der Waals surface area contributed by atoms with E-state index < -0.39 is 5.79 Å². The smallest absolute Gasteiger partial charge is 0.227 e. The number of hydrogen-bond donors (Lipinski definition) is 1. The Morgan fingerprint density at radius 3 is 2.62 bits per heavy atom. The number of carbonyl (C=O) groups is 1. The van der Waals surface area contributed by atoms with E-state index in [-0.39, 0.29) is 11.9 Å². The second-order valence-corrected chi connectivity index (χ2v) is 6.03. The second kappa shape index (κ2) is 5.66. The monoisotopic (exact) mass is 290 g/mol. The Morgan fingerprint density at radius 2 is 1.95 bits per heavy atom. The van der Waals surface area contributed by atoms with Crippen LogP contribution in [0.5, 0.6) is 0 Å². The molecular weight excluding hydrogens is 268 g/mol. The standard InChI is InChI=1S/C16H22N2O3/c1-16(2)20-10-12(11-21-16)17-13-6-3-4-7-14(13)18-9-5-8-15(18)19/h3-4,6-7,12,17H,5,8-11H2,1-2H3. The first-order chi connectivity index (χ1) is 10.1. The van der Waals surface area contributed by atoms with Gasteiger partial charge in [-0.05, 0) is 32.4 Å². The normalized spacial score (nSPS) is 22.6. The van der Waals surface area contributed by atoms with Crippen LogP contribution in [0.25, 0.3) is 0 Å². The lowest BCUT2D eigenvalue weighted by Crippen LogP contribution is -2.45. The molecule has 2 aliphatic rings. The number of amides is 1. The molecule has 1 aromatic rings. The molecule has 0 aromatic heterocycles. The number of rotatable bonds is 3. The van der Waals surface area contributed by atoms with Crippen LogP contribution in [0.1, 0.15) is 26.7 Å². The first-order valence-electron chi connectivity index (χ1n) is 7.49. The van der Waals surface area contributed by atoms with Crippen LogP contribution >= 0.6 is 0 Å². The van der Waals surface area contributed by atoms with Crippen LogP contribution < -0.4 is 10.2 Å². The summed E-state index contributed by atoms with van der Waals surface area (Å²) < 4.78 is 11.3. The zero-order chi connectivity index (χ0) is 14.9. The van der Waals surface area contributed by atoms with E-state index in [9.17, 15) is 4.79 Å². The molecule has 5 heteroatoms. The first-order valence-corrected chi connectivity index (χ1v) is 7.49. The summed E-state index contributed by atoms with van der Waals surface area (Å²) in [5, 5.41) is 3.44. The van der Waals surface area contributed by atoms with Crippen molar-refractivity contribution in [1.29, 1.82) is 0 Å². The molecule has 2 aliphatic heterocycles. The summed E-state index contributed by atoms with van der Waals surface area (Å²) in [6, 6.07) is 8.02. The fraction of sp³-hybridized carbons (Fsp3) is 0.562. The van der Waals surface area contributed by atoms with Crippen molar-refractivity contribution in [3.8, 4) is 0 Å². The Morgan fingerprint density at radius 1 is 1.24 bits per heavy atom. The van der Waals surface area contributed by atoms with Gasteiger partial charge < -0.3 is 19.7 Å². The molecular formula is C16H22N2O3. The number of benzene rings is 1. The number of nitrogens with one attached hydrogen (secondary N) is 1. The predicted octanol–water partition coefficient (Wildman–Crippen LogP) is 2.38. The minimum Gasteiger partial charge on any atom is -0.376 e. The van der Waals surface area contributed by atoms with Crippen molar-refractivity contribution in [2.75, 3.05) is 30.0 Å². The van der Waals surface area contributed by atoms with Gasteiger partial charge in [0.15, 0.2) is 5.79 Å². The van der Waals surface area contributed by atoms with Crippen LogP contribution in [0, 0.1) is 0 Å². The largest absolute Gasteiger partial charge is 0.376 e. The van der Waals surface area contributed by atoms with Gasteiger partial charge in [-0.3, -0.25) is 4.79 Å². The molecule has 0 bridgehead atoms. The van der Waals surface area contributed by atoms with E-state index in [1.807, 2.05) is 43.0 Å². The Hall–Kier alpha value is -1.59. The molecule has 5 nitrogen and oxygen atoms in total. The average Bonchev–Trinajstić information content (AvgIpc) is 2.88. The van der Waals surface area contributed by atoms with E-state index in [1.165, 1.54) is 0 Å². The number of anilines is 2. The molecule has 114 valence electrons. The molecule has 0 radical (unpaired) electrons. The van der Waals surface area contributed by atoms with Crippen molar-refractivity contribution in [3.05, 3.63) is 24.3 Å². The Bertz CT molecular complexity index is 520. The summed E-state index contributed by atoms with van der Waals surface area (Å²) in [6.45, 7) is 5.81. The van der Waals surface area contributed by atoms with E-state index in [1.54, 1.807) is 0 Å². The zero-order valence-corrected chi connectivity index (χ0v) is 12.6. The lowest BCUT2D eigenvalue weighted by Gasteiger charge is -2.36. The number of hydrogen-bond acceptors (Lipinski definition) is 4. The lowest BCUT2D eigenvalue weighted by atomic mass is 10.2.